The molecule has 2 rings (SSSR count). The van der Waals surface area contributed by atoms with Gasteiger partial charge in [-0.3, -0.25) is 4.79 Å². The van der Waals surface area contributed by atoms with Gasteiger partial charge >= 0.3 is 0 Å². The van der Waals surface area contributed by atoms with Crippen molar-refractivity contribution in [3.8, 4) is 11.5 Å². The van der Waals surface area contributed by atoms with E-state index in [1.54, 1.807) is 6.07 Å². The predicted octanol–water partition coefficient (Wildman–Crippen LogP) is 1.02. The molecular formula is C13H19N3O4S. The van der Waals surface area contributed by atoms with Gasteiger partial charge < -0.3 is 15.2 Å². The average molecular weight is 313 g/mol. The second kappa shape index (κ2) is 6.00. The molecule has 1 heterocycles. The van der Waals surface area contributed by atoms with E-state index in [1.807, 2.05) is 13.8 Å². The minimum Gasteiger partial charge on any atom is -0.454 e. The lowest BCUT2D eigenvalue weighted by atomic mass is 10.0. The lowest BCUT2D eigenvalue weighted by molar-refractivity contribution is -0.119. The topological polar surface area (TPSA) is 117 Å². The summed E-state index contributed by atoms with van der Waals surface area (Å²) in [6, 6.07) is 3.75. The van der Waals surface area contributed by atoms with Gasteiger partial charge in [0.05, 0.1) is 10.9 Å². The first-order valence-electron chi connectivity index (χ1n) is 6.53. The molecule has 1 aliphatic heterocycles. The number of carbonyl (C=O) groups is 1. The second-order valence-corrected chi connectivity index (χ2v) is 7.04. The minimum absolute atomic E-state index is 0.0971. The third-order valence-corrected chi connectivity index (χ3v) is 4.33. The Hall–Kier alpha value is -1.64. The van der Waals surface area contributed by atoms with Crippen LogP contribution in [0.2, 0.25) is 0 Å². The van der Waals surface area contributed by atoms with Gasteiger partial charge in [0.1, 0.15) is 9.92 Å². The highest BCUT2D eigenvalue weighted by Gasteiger charge is 2.20. The second-order valence-electron chi connectivity index (χ2n) is 5.25. The van der Waals surface area contributed by atoms with Crippen LogP contribution in [0.4, 0.5) is 0 Å². The quantitative estimate of drug-likeness (QED) is 0.860. The Balaban J connectivity index is 2.26. The number of hydrogen-bond acceptors (Lipinski definition) is 5. The SMILES string of the molecule is CC(C)C[C@H](N)C(=O)N=S(N)(=O)c1ccc2c(c1)OCO2. The van der Waals surface area contributed by atoms with Crippen LogP contribution < -0.4 is 20.3 Å². The standard InChI is InChI=1S/C13H19N3O4S/c1-8(2)5-10(14)13(17)16-21(15,18)9-3-4-11-12(6-9)20-7-19-11/h3-4,6,8,10H,5,7,14H2,1-2H3,(H2,15,16,17,18)/t10-,21?/m0/s1. The summed E-state index contributed by atoms with van der Waals surface area (Å²) >= 11 is 0. The molecule has 0 aliphatic carbocycles. The molecule has 1 amide bonds. The first-order chi connectivity index (χ1) is 9.79. The highest BCUT2D eigenvalue weighted by Crippen LogP contribution is 2.33. The molecule has 21 heavy (non-hydrogen) atoms. The van der Waals surface area contributed by atoms with Gasteiger partial charge in [-0.2, -0.15) is 0 Å². The van der Waals surface area contributed by atoms with Crippen molar-refractivity contribution in [1.82, 2.24) is 0 Å². The fraction of sp³-hybridized carbons (Fsp3) is 0.462. The van der Waals surface area contributed by atoms with E-state index >= 15 is 0 Å². The summed E-state index contributed by atoms with van der Waals surface area (Å²) in [6.45, 7) is 3.97. The summed E-state index contributed by atoms with van der Waals surface area (Å²) in [5, 5.41) is 5.69. The van der Waals surface area contributed by atoms with Crippen molar-refractivity contribution >= 4 is 15.8 Å². The molecule has 1 aromatic carbocycles. The van der Waals surface area contributed by atoms with Crippen LogP contribution in [0.5, 0.6) is 11.5 Å². The molecule has 0 aromatic heterocycles. The Morgan fingerprint density at radius 1 is 1.38 bits per heavy atom. The van der Waals surface area contributed by atoms with E-state index < -0.39 is 21.9 Å². The molecule has 4 N–H and O–H groups in total. The van der Waals surface area contributed by atoms with Crippen LogP contribution in [0.1, 0.15) is 20.3 Å². The molecular weight excluding hydrogens is 294 g/mol. The molecule has 1 aliphatic rings. The molecule has 1 aromatic rings. The number of nitrogens with zero attached hydrogens (tertiary/aromatic N) is 1. The van der Waals surface area contributed by atoms with E-state index in [9.17, 15) is 9.00 Å². The molecule has 1 unspecified atom stereocenters. The lowest BCUT2D eigenvalue weighted by Gasteiger charge is -2.11. The predicted molar refractivity (Wildman–Crippen MR) is 78.0 cm³/mol. The smallest absolute Gasteiger partial charge is 0.271 e. The van der Waals surface area contributed by atoms with Crippen molar-refractivity contribution < 1.29 is 18.5 Å². The third-order valence-electron chi connectivity index (χ3n) is 2.95. The van der Waals surface area contributed by atoms with Gasteiger partial charge in [0, 0.05) is 6.07 Å². The molecule has 0 fully saturated rings. The van der Waals surface area contributed by atoms with E-state index in [-0.39, 0.29) is 17.6 Å². The summed E-state index contributed by atoms with van der Waals surface area (Å²) in [5.74, 6) is 0.545. The Morgan fingerprint density at radius 3 is 2.71 bits per heavy atom. The van der Waals surface area contributed by atoms with E-state index in [4.69, 9.17) is 20.3 Å². The van der Waals surface area contributed by atoms with Crippen LogP contribution in [0.25, 0.3) is 0 Å². The summed E-state index contributed by atoms with van der Waals surface area (Å²) in [4.78, 5) is 12.1. The maximum Gasteiger partial charge on any atom is 0.271 e. The van der Waals surface area contributed by atoms with Crippen molar-refractivity contribution in [2.24, 2.45) is 21.2 Å². The number of amides is 1. The fourth-order valence-corrected chi connectivity index (χ4v) is 2.97. The number of fused-ring (bicyclic) bond motifs is 1. The summed E-state index contributed by atoms with van der Waals surface area (Å²) in [5.41, 5.74) is 5.72. The zero-order chi connectivity index (χ0) is 15.6. The molecule has 2 atom stereocenters. The Morgan fingerprint density at radius 2 is 2.05 bits per heavy atom. The van der Waals surface area contributed by atoms with Crippen LogP contribution in [0, 0.1) is 5.92 Å². The molecule has 0 spiro atoms. The Kier molecular flexibility index (Phi) is 4.50. The van der Waals surface area contributed by atoms with Crippen LogP contribution in [0.15, 0.2) is 27.5 Å². The summed E-state index contributed by atoms with van der Waals surface area (Å²) < 4.78 is 26.4. The van der Waals surface area contributed by atoms with Crippen LogP contribution in [-0.4, -0.2) is 23.0 Å². The Bertz CT molecular complexity index is 665. The van der Waals surface area contributed by atoms with Crippen molar-refractivity contribution in [3.05, 3.63) is 18.2 Å². The highest BCUT2D eigenvalue weighted by atomic mass is 32.2. The third kappa shape index (κ3) is 3.72. The zero-order valence-corrected chi connectivity index (χ0v) is 12.8. The van der Waals surface area contributed by atoms with Gasteiger partial charge in [-0.1, -0.05) is 13.8 Å². The average Bonchev–Trinajstić information content (AvgIpc) is 2.84. The number of benzene rings is 1. The molecule has 0 saturated heterocycles. The fourth-order valence-electron chi connectivity index (χ4n) is 1.92. The van der Waals surface area contributed by atoms with Crippen molar-refractivity contribution in [1.29, 1.82) is 0 Å². The summed E-state index contributed by atoms with van der Waals surface area (Å²) in [7, 11) is -3.35. The van der Waals surface area contributed by atoms with Crippen molar-refractivity contribution in [3.63, 3.8) is 0 Å². The van der Waals surface area contributed by atoms with Crippen LogP contribution in [0.3, 0.4) is 0 Å². The summed E-state index contributed by atoms with van der Waals surface area (Å²) in [6.07, 6.45) is 0.457. The van der Waals surface area contributed by atoms with Crippen molar-refractivity contribution in [2.45, 2.75) is 31.2 Å². The molecule has 116 valence electrons. The number of carbonyl (C=O) groups excluding carboxylic acids is 1. The normalized spacial score (nSPS) is 17.4. The van der Waals surface area contributed by atoms with E-state index in [1.165, 1.54) is 12.1 Å². The van der Waals surface area contributed by atoms with Gasteiger partial charge in [0.25, 0.3) is 5.91 Å². The monoisotopic (exact) mass is 313 g/mol. The maximum absolute atomic E-state index is 12.4. The number of ether oxygens (including phenoxy) is 2. The van der Waals surface area contributed by atoms with Gasteiger partial charge in [-0.15, -0.1) is 4.36 Å². The zero-order valence-electron chi connectivity index (χ0n) is 11.9. The van der Waals surface area contributed by atoms with Gasteiger partial charge in [-0.05, 0) is 24.5 Å². The maximum atomic E-state index is 12.4. The molecule has 0 saturated carbocycles. The number of nitrogens with two attached hydrogens (primary N) is 2. The molecule has 0 bridgehead atoms. The van der Waals surface area contributed by atoms with Crippen LogP contribution in [-0.2, 0) is 14.7 Å². The molecule has 8 heteroatoms. The first kappa shape index (κ1) is 15.7. The first-order valence-corrected chi connectivity index (χ1v) is 8.11. The minimum atomic E-state index is -3.35. The molecule has 7 nitrogen and oxygen atoms in total. The number of rotatable bonds is 4. The van der Waals surface area contributed by atoms with Crippen molar-refractivity contribution in [2.75, 3.05) is 6.79 Å². The highest BCUT2D eigenvalue weighted by molar-refractivity contribution is 7.91. The lowest BCUT2D eigenvalue weighted by Crippen LogP contribution is -2.32. The van der Waals surface area contributed by atoms with E-state index in [2.05, 4.69) is 4.36 Å². The van der Waals surface area contributed by atoms with Gasteiger partial charge in [0.15, 0.2) is 11.5 Å². The molecule has 0 radical (unpaired) electrons. The van der Waals surface area contributed by atoms with E-state index in [0.29, 0.717) is 17.9 Å². The van der Waals surface area contributed by atoms with Gasteiger partial charge in [0.2, 0.25) is 6.79 Å². The van der Waals surface area contributed by atoms with Gasteiger partial charge in [-0.25, -0.2) is 9.35 Å². The van der Waals surface area contributed by atoms with E-state index in [0.717, 1.165) is 0 Å². The Labute approximate surface area is 123 Å². The number of hydrogen-bond donors (Lipinski definition) is 2. The van der Waals surface area contributed by atoms with Crippen LogP contribution >= 0.6 is 0 Å². The largest absolute Gasteiger partial charge is 0.454 e.